The Bertz CT molecular complexity index is 994. The van der Waals surface area contributed by atoms with Gasteiger partial charge in [-0.1, -0.05) is 6.07 Å². The molecule has 132 valence electrons. The minimum absolute atomic E-state index is 0.0368. The van der Waals surface area contributed by atoms with E-state index >= 15 is 0 Å². The second-order valence-corrected chi connectivity index (χ2v) is 7.09. The van der Waals surface area contributed by atoms with Crippen molar-refractivity contribution in [2.45, 2.75) is 39.7 Å². The monoisotopic (exact) mass is 346 g/mol. The molecule has 0 bridgehead atoms. The van der Waals surface area contributed by atoms with Gasteiger partial charge in [0.1, 0.15) is 0 Å². The Morgan fingerprint density at radius 3 is 2.50 bits per heavy atom. The highest BCUT2D eigenvalue weighted by Gasteiger charge is 2.35. The molecule has 26 heavy (non-hydrogen) atoms. The van der Waals surface area contributed by atoms with E-state index < -0.39 is 0 Å². The fraction of sp³-hybridized carbons (Fsp3) is 0.333. The number of pyridine rings is 1. The number of benzene rings is 1. The Hall–Kier alpha value is -2.82. The van der Waals surface area contributed by atoms with Crippen molar-refractivity contribution in [2.75, 3.05) is 0 Å². The molecule has 0 spiro atoms. The number of aryl methyl sites for hydroxylation is 3. The third kappa shape index (κ3) is 3.17. The summed E-state index contributed by atoms with van der Waals surface area (Å²) in [5.74, 6) is 0.381. The summed E-state index contributed by atoms with van der Waals surface area (Å²) in [7, 11) is 0. The number of amides is 1. The number of nitrogens with one attached hydrogen (secondary N) is 1. The van der Waals surface area contributed by atoms with Crippen LogP contribution < -0.4 is 5.32 Å². The summed E-state index contributed by atoms with van der Waals surface area (Å²) in [5.41, 5.74) is 6.04. The van der Waals surface area contributed by atoms with Crippen LogP contribution in [-0.4, -0.2) is 20.9 Å². The number of carbonyl (C=O) groups excluding carboxylic acids is 1. The van der Waals surface area contributed by atoms with Crippen molar-refractivity contribution in [3.63, 3.8) is 0 Å². The molecule has 0 aliphatic heterocycles. The molecule has 0 radical (unpaired) electrons. The maximum absolute atomic E-state index is 12.9. The van der Waals surface area contributed by atoms with Crippen molar-refractivity contribution in [1.29, 1.82) is 0 Å². The van der Waals surface area contributed by atoms with Gasteiger partial charge in [0.15, 0.2) is 0 Å². The average molecular weight is 346 g/mol. The van der Waals surface area contributed by atoms with Gasteiger partial charge in [-0.25, -0.2) is 9.97 Å². The van der Waals surface area contributed by atoms with Gasteiger partial charge >= 0.3 is 0 Å². The molecule has 1 aromatic carbocycles. The SMILES string of the molecule is Cc1cccnc1[C@H](NC(=O)c1ccc2nc(C)c(C)nc2c1)C1CC1. The fourth-order valence-corrected chi connectivity index (χ4v) is 3.26. The number of fused-ring (bicyclic) bond motifs is 1. The lowest BCUT2D eigenvalue weighted by atomic mass is 10.0. The molecule has 3 aromatic rings. The summed E-state index contributed by atoms with van der Waals surface area (Å²) in [5, 5.41) is 3.19. The smallest absolute Gasteiger partial charge is 0.251 e. The first-order valence-electron chi connectivity index (χ1n) is 9.00. The largest absolute Gasteiger partial charge is 0.343 e. The van der Waals surface area contributed by atoms with Crippen LogP contribution in [0, 0.1) is 26.7 Å². The third-order valence-electron chi connectivity index (χ3n) is 5.06. The first-order chi connectivity index (χ1) is 12.5. The molecular formula is C21H22N4O. The van der Waals surface area contributed by atoms with Gasteiger partial charge < -0.3 is 5.32 Å². The van der Waals surface area contributed by atoms with Gasteiger partial charge in [-0.2, -0.15) is 0 Å². The van der Waals surface area contributed by atoms with E-state index in [1.165, 1.54) is 0 Å². The molecule has 5 nitrogen and oxygen atoms in total. The molecule has 1 amide bonds. The van der Waals surface area contributed by atoms with Gasteiger partial charge in [0.05, 0.1) is 34.2 Å². The molecule has 2 heterocycles. The van der Waals surface area contributed by atoms with Crippen molar-refractivity contribution in [3.8, 4) is 0 Å². The first-order valence-corrected chi connectivity index (χ1v) is 9.00. The zero-order valence-electron chi connectivity index (χ0n) is 15.3. The molecule has 1 aliphatic rings. The quantitative estimate of drug-likeness (QED) is 0.779. The Kier molecular flexibility index (Phi) is 4.15. The fourth-order valence-electron chi connectivity index (χ4n) is 3.26. The number of nitrogens with zero attached hydrogens (tertiary/aromatic N) is 3. The molecule has 2 aromatic heterocycles. The van der Waals surface area contributed by atoms with Crippen LogP contribution in [0.3, 0.4) is 0 Å². The highest BCUT2D eigenvalue weighted by Crippen LogP contribution is 2.41. The van der Waals surface area contributed by atoms with Gasteiger partial charge in [0, 0.05) is 11.8 Å². The summed E-state index contributed by atoms with van der Waals surface area (Å²) in [6.45, 7) is 5.92. The topological polar surface area (TPSA) is 67.8 Å². The summed E-state index contributed by atoms with van der Waals surface area (Å²) >= 11 is 0. The highest BCUT2D eigenvalue weighted by molar-refractivity contribution is 5.97. The van der Waals surface area contributed by atoms with Crippen LogP contribution in [0.5, 0.6) is 0 Å². The summed E-state index contributed by atoms with van der Waals surface area (Å²) in [4.78, 5) is 26.5. The van der Waals surface area contributed by atoms with E-state index in [1.54, 1.807) is 6.20 Å². The van der Waals surface area contributed by atoms with Gasteiger partial charge in [0.25, 0.3) is 5.91 Å². The predicted molar refractivity (Wildman–Crippen MR) is 101 cm³/mol. The van der Waals surface area contributed by atoms with E-state index in [2.05, 4.69) is 20.3 Å². The molecule has 1 N–H and O–H groups in total. The number of hydrogen-bond donors (Lipinski definition) is 1. The average Bonchev–Trinajstić information content (AvgIpc) is 3.46. The van der Waals surface area contributed by atoms with Gasteiger partial charge in [-0.15, -0.1) is 0 Å². The summed E-state index contributed by atoms with van der Waals surface area (Å²) in [6, 6.07) is 9.43. The number of aromatic nitrogens is 3. The van der Waals surface area contributed by atoms with Crippen LogP contribution in [-0.2, 0) is 0 Å². The van der Waals surface area contributed by atoms with Crippen molar-refractivity contribution in [2.24, 2.45) is 5.92 Å². The van der Waals surface area contributed by atoms with Crippen molar-refractivity contribution in [3.05, 3.63) is 64.7 Å². The lowest BCUT2D eigenvalue weighted by molar-refractivity contribution is 0.0930. The summed E-state index contributed by atoms with van der Waals surface area (Å²) < 4.78 is 0. The van der Waals surface area contributed by atoms with E-state index in [1.807, 2.05) is 51.1 Å². The molecule has 0 saturated heterocycles. The van der Waals surface area contributed by atoms with Gasteiger partial charge in [0.2, 0.25) is 0 Å². The normalized spacial score (nSPS) is 15.0. The lowest BCUT2D eigenvalue weighted by Crippen LogP contribution is -2.31. The van der Waals surface area contributed by atoms with Crippen molar-refractivity contribution in [1.82, 2.24) is 20.3 Å². The summed E-state index contributed by atoms with van der Waals surface area (Å²) in [6.07, 6.45) is 4.05. The number of rotatable bonds is 4. The van der Waals surface area contributed by atoms with Crippen LogP contribution >= 0.6 is 0 Å². The first kappa shape index (κ1) is 16.6. The highest BCUT2D eigenvalue weighted by atomic mass is 16.1. The van der Waals surface area contributed by atoms with Gasteiger partial charge in [-0.05, 0) is 69.4 Å². The molecule has 1 aliphatic carbocycles. The standard InChI is InChI=1S/C21H22N4O/c1-12-5-4-10-22-19(12)20(15-6-7-15)25-21(26)16-8-9-17-18(11-16)24-14(3)13(2)23-17/h4-5,8-11,15,20H,6-7H2,1-3H3,(H,25,26)/t20-/m1/s1. The van der Waals surface area contributed by atoms with E-state index in [4.69, 9.17) is 0 Å². The second-order valence-electron chi connectivity index (χ2n) is 7.09. The van der Waals surface area contributed by atoms with Crippen LogP contribution in [0.15, 0.2) is 36.5 Å². The molecular weight excluding hydrogens is 324 g/mol. The minimum atomic E-state index is -0.0890. The van der Waals surface area contributed by atoms with Crippen LogP contribution in [0.25, 0.3) is 11.0 Å². The van der Waals surface area contributed by atoms with Gasteiger partial charge in [-0.3, -0.25) is 9.78 Å². The second kappa shape index (κ2) is 6.48. The van der Waals surface area contributed by atoms with E-state index in [0.29, 0.717) is 11.5 Å². The van der Waals surface area contributed by atoms with Crippen LogP contribution in [0.4, 0.5) is 0 Å². The Morgan fingerprint density at radius 1 is 1.08 bits per heavy atom. The molecule has 4 rings (SSSR count). The number of carbonyl (C=O) groups is 1. The Morgan fingerprint density at radius 2 is 1.81 bits per heavy atom. The zero-order valence-corrected chi connectivity index (χ0v) is 15.3. The molecule has 1 saturated carbocycles. The van der Waals surface area contributed by atoms with Crippen LogP contribution in [0.1, 0.15) is 51.9 Å². The molecule has 0 unspecified atom stereocenters. The predicted octanol–water partition coefficient (Wildman–Crippen LogP) is 3.83. The van der Waals surface area contributed by atoms with E-state index in [9.17, 15) is 4.79 Å². The number of hydrogen-bond acceptors (Lipinski definition) is 4. The maximum atomic E-state index is 12.9. The van der Waals surface area contributed by atoms with E-state index in [-0.39, 0.29) is 11.9 Å². The third-order valence-corrected chi connectivity index (χ3v) is 5.06. The zero-order chi connectivity index (χ0) is 18.3. The van der Waals surface area contributed by atoms with Crippen LogP contribution in [0.2, 0.25) is 0 Å². The van der Waals surface area contributed by atoms with Crippen molar-refractivity contribution >= 4 is 16.9 Å². The molecule has 1 atom stereocenters. The van der Waals surface area contributed by atoms with E-state index in [0.717, 1.165) is 46.5 Å². The maximum Gasteiger partial charge on any atom is 0.251 e. The lowest BCUT2D eigenvalue weighted by Gasteiger charge is -2.19. The molecule has 1 fully saturated rings. The Labute approximate surface area is 152 Å². The molecule has 5 heteroatoms. The van der Waals surface area contributed by atoms with Crippen molar-refractivity contribution < 1.29 is 4.79 Å². The minimum Gasteiger partial charge on any atom is -0.343 e. The Balaban J connectivity index is 1.63.